The lowest BCUT2D eigenvalue weighted by Crippen LogP contribution is -2.45. The van der Waals surface area contributed by atoms with Gasteiger partial charge in [-0.15, -0.1) is 6.58 Å². The summed E-state index contributed by atoms with van der Waals surface area (Å²) in [5, 5.41) is 3.29. The molecule has 0 amide bonds. The number of nitrogens with one attached hydrogen (secondary N) is 1. The van der Waals surface area contributed by atoms with Crippen LogP contribution < -0.4 is 5.32 Å². The highest BCUT2D eigenvalue weighted by molar-refractivity contribution is 5.22. The van der Waals surface area contributed by atoms with Gasteiger partial charge in [0.05, 0.1) is 0 Å². The Morgan fingerprint density at radius 1 is 1.21 bits per heavy atom. The molecule has 1 N–H and O–H groups in total. The van der Waals surface area contributed by atoms with E-state index in [-0.39, 0.29) is 6.04 Å². The van der Waals surface area contributed by atoms with Gasteiger partial charge in [0.1, 0.15) is 11.6 Å². The van der Waals surface area contributed by atoms with Crippen LogP contribution in [0.15, 0.2) is 30.9 Å². The molecule has 1 atom stereocenters. The topological polar surface area (TPSA) is 15.3 Å². The zero-order valence-corrected chi connectivity index (χ0v) is 11.0. The first-order valence-corrected chi connectivity index (χ1v) is 6.72. The van der Waals surface area contributed by atoms with Crippen LogP contribution in [0.2, 0.25) is 0 Å². The van der Waals surface area contributed by atoms with Crippen LogP contribution in [0.3, 0.4) is 0 Å². The Bertz CT molecular complexity index is 408. The molecule has 1 aliphatic rings. The zero-order chi connectivity index (χ0) is 13.7. The van der Waals surface area contributed by atoms with Gasteiger partial charge in [-0.1, -0.05) is 6.08 Å². The molecular weight excluding hydrogens is 246 g/mol. The largest absolute Gasteiger partial charge is 0.314 e. The maximum Gasteiger partial charge on any atom is 0.126 e. The molecule has 0 aromatic heterocycles. The van der Waals surface area contributed by atoms with Gasteiger partial charge in [0.25, 0.3) is 0 Å². The van der Waals surface area contributed by atoms with Crippen molar-refractivity contribution in [1.82, 2.24) is 10.2 Å². The summed E-state index contributed by atoms with van der Waals surface area (Å²) in [7, 11) is 0. The molecular formula is C15H20F2N2. The maximum absolute atomic E-state index is 13.4. The lowest BCUT2D eigenvalue weighted by atomic mass is 9.99. The summed E-state index contributed by atoms with van der Waals surface area (Å²) in [5.74, 6) is -1.01. The maximum atomic E-state index is 13.4. The van der Waals surface area contributed by atoms with E-state index in [0.29, 0.717) is 0 Å². The molecule has 0 saturated carbocycles. The van der Waals surface area contributed by atoms with E-state index in [0.717, 1.165) is 50.7 Å². The molecule has 1 fully saturated rings. The van der Waals surface area contributed by atoms with Gasteiger partial charge >= 0.3 is 0 Å². The normalized spacial score (nSPS) is 18.2. The van der Waals surface area contributed by atoms with E-state index in [1.165, 1.54) is 12.1 Å². The fraction of sp³-hybridized carbons (Fsp3) is 0.467. The Morgan fingerprint density at radius 3 is 2.42 bits per heavy atom. The van der Waals surface area contributed by atoms with Crippen LogP contribution in [-0.2, 0) is 0 Å². The SMILES string of the molecule is C=CCC[C@@H](c1cc(F)cc(F)c1)N1CCNCC1. The fourth-order valence-corrected chi connectivity index (χ4v) is 2.60. The van der Waals surface area contributed by atoms with Crippen LogP contribution in [0, 0.1) is 11.6 Å². The second-order valence-electron chi connectivity index (χ2n) is 4.87. The van der Waals surface area contributed by atoms with E-state index in [1.54, 1.807) is 0 Å². The third-order valence-corrected chi connectivity index (χ3v) is 3.51. The average molecular weight is 266 g/mol. The predicted molar refractivity (Wildman–Crippen MR) is 73.0 cm³/mol. The van der Waals surface area contributed by atoms with Crippen molar-refractivity contribution in [2.45, 2.75) is 18.9 Å². The minimum absolute atomic E-state index is 0.0605. The Balaban J connectivity index is 2.21. The molecule has 1 aliphatic heterocycles. The number of nitrogens with zero attached hydrogens (tertiary/aromatic N) is 1. The van der Waals surface area contributed by atoms with E-state index >= 15 is 0 Å². The van der Waals surface area contributed by atoms with Gasteiger partial charge < -0.3 is 5.32 Å². The summed E-state index contributed by atoms with van der Waals surface area (Å²) in [6, 6.07) is 3.87. The van der Waals surface area contributed by atoms with E-state index in [1.807, 2.05) is 6.08 Å². The molecule has 104 valence electrons. The van der Waals surface area contributed by atoms with E-state index in [4.69, 9.17) is 0 Å². The van der Waals surface area contributed by atoms with Crippen LogP contribution in [0.1, 0.15) is 24.4 Å². The third-order valence-electron chi connectivity index (χ3n) is 3.51. The lowest BCUT2D eigenvalue weighted by molar-refractivity contribution is 0.165. The highest BCUT2D eigenvalue weighted by Crippen LogP contribution is 2.27. The number of piperazine rings is 1. The van der Waals surface area contributed by atoms with Crippen molar-refractivity contribution in [3.8, 4) is 0 Å². The quantitative estimate of drug-likeness (QED) is 0.824. The predicted octanol–water partition coefficient (Wildman–Crippen LogP) is 2.88. The van der Waals surface area contributed by atoms with Crippen molar-refractivity contribution in [1.29, 1.82) is 0 Å². The van der Waals surface area contributed by atoms with Gasteiger partial charge in [0, 0.05) is 38.3 Å². The number of allylic oxidation sites excluding steroid dienone is 1. The monoisotopic (exact) mass is 266 g/mol. The minimum Gasteiger partial charge on any atom is -0.314 e. The zero-order valence-electron chi connectivity index (χ0n) is 11.0. The molecule has 2 nitrogen and oxygen atoms in total. The summed E-state index contributed by atoms with van der Waals surface area (Å²) in [5.41, 5.74) is 0.723. The number of benzene rings is 1. The van der Waals surface area contributed by atoms with Gasteiger partial charge in [0.2, 0.25) is 0 Å². The van der Waals surface area contributed by atoms with Crippen molar-refractivity contribution < 1.29 is 8.78 Å². The molecule has 0 radical (unpaired) electrons. The summed E-state index contributed by atoms with van der Waals surface area (Å²) in [6.07, 6.45) is 3.53. The summed E-state index contributed by atoms with van der Waals surface area (Å²) < 4.78 is 26.8. The highest BCUT2D eigenvalue weighted by Gasteiger charge is 2.22. The molecule has 0 unspecified atom stereocenters. The number of rotatable bonds is 5. The van der Waals surface area contributed by atoms with Crippen molar-refractivity contribution >= 4 is 0 Å². The molecule has 1 heterocycles. The molecule has 1 saturated heterocycles. The summed E-state index contributed by atoms with van der Waals surface area (Å²) in [6.45, 7) is 7.37. The summed E-state index contributed by atoms with van der Waals surface area (Å²) >= 11 is 0. The van der Waals surface area contributed by atoms with E-state index < -0.39 is 11.6 Å². The molecule has 0 aliphatic carbocycles. The van der Waals surface area contributed by atoms with Gasteiger partial charge in [-0.3, -0.25) is 4.90 Å². The van der Waals surface area contributed by atoms with E-state index in [9.17, 15) is 8.78 Å². The summed E-state index contributed by atoms with van der Waals surface area (Å²) in [4.78, 5) is 2.29. The molecule has 0 spiro atoms. The van der Waals surface area contributed by atoms with Crippen LogP contribution in [0.4, 0.5) is 8.78 Å². The van der Waals surface area contributed by atoms with Crippen molar-refractivity contribution in [2.24, 2.45) is 0 Å². The Kier molecular flexibility index (Phi) is 5.05. The molecule has 19 heavy (non-hydrogen) atoms. The standard InChI is InChI=1S/C15H20F2N2/c1-2-3-4-15(19-7-5-18-6-8-19)12-9-13(16)11-14(17)10-12/h2,9-11,15,18H,1,3-8H2/t15-/m0/s1. The number of hydrogen-bond acceptors (Lipinski definition) is 2. The second kappa shape index (κ2) is 6.78. The van der Waals surface area contributed by atoms with Crippen molar-refractivity contribution in [2.75, 3.05) is 26.2 Å². The third kappa shape index (κ3) is 3.85. The van der Waals surface area contributed by atoms with Crippen molar-refractivity contribution in [3.63, 3.8) is 0 Å². The minimum atomic E-state index is -0.506. The van der Waals surface area contributed by atoms with Gasteiger partial charge in [-0.25, -0.2) is 8.78 Å². The van der Waals surface area contributed by atoms with E-state index in [2.05, 4.69) is 16.8 Å². The first-order chi connectivity index (χ1) is 9.20. The Hall–Kier alpha value is -1.26. The lowest BCUT2D eigenvalue weighted by Gasteiger charge is -2.35. The number of halogens is 2. The molecule has 4 heteroatoms. The fourth-order valence-electron chi connectivity index (χ4n) is 2.60. The number of hydrogen-bond donors (Lipinski definition) is 1. The molecule has 1 aromatic carbocycles. The van der Waals surface area contributed by atoms with Gasteiger partial charge in [0.15, 0.2) is 0 Å². The second-order valence-corrected chi connectivity index (χ2v) is 4.87. The van der Waals surface area contributed by atoms with Gasteiger partial charge in [-0.2, -0.15) is 0 Å². The van der Waals surface area contributed by atoms with Gasteiger partial charge in [-0.05, 0) is 30.5 Å². The van der Waals surface area contributed by atoms with Crippen LogP contribution in [0.25, 0.3) is 0 Å². The van der Waals surface area contributed by atoms with Crippen LogP contribution in [-0.4, -0.2) is 31.1 Å². The van der Waals surface area contributed by atoms with Crippen LogP contribution >= 0.6 is 0 Å². The average Bonchev–Trinajstić information content (AvgIpc) is 2.39. The Labute approximate surface area is 113 Å². The molecule has 2 rings (SSSR count). The highest BCUT2D eigenvalue weighted by atomic mass is 19.1. The first kappa shape index (κ1) is 14.2. The Morgan fingerprint density at radius 2 is 1.84 bits per heavy atom. The first-order valence-electron chi connectivity index (χ1n) is 6.72. The smallest absolute Gasteiger partial charge is 0.126 e. The van der Waals surface area contributed by atoms with Crippen LogP contribution in [0.5, 0.6) is 0 Å². The molecule has 0 bridgehead atoms. The molecule has 1 aromatic rings. The van der Waals surface area contributed by atoms with Crippen molar-refractivity contribution in [3.05, 3.63) is 48.1 Å².